The third kappa shape index (κ3) is 3.76. The van der Waals surface area contributed by atoms with Gasteiger partial charge in [0.25, 0.3) is 0 Å². The number of nitrogens with zero attached hydrogens (tertiary/aromatic N) is 1. The van der Waals surface area contributed by atoms with Crippen LogP contribution in [-0.2, 0) is 0 Å². The lowest BCUT2D eigenvalue weighted by Crippen LogP contribution is -2.12. The number of hydrogen-bond acceptors (Lipinski definition) is 4. The van der Waals surface area contributed by atoms with Gasteiger partial charge >= 0.3 is 0 Å². The van der Waals surface area contributed by atoms with Crippen molar-refractivity contribution in [1.29, 1.82) is 0 Å². The van der Waals surface area contributed by atoms with Crippen LogP contribution >= 0.6 is 11.3 Å². The Morgan fingerprint density at radius 1 is 1.24 bits per heavy atom. The smallest absolute Gasteiger partial charge is 0.198 e. The Morgan fingerprint density at radius 3 is 2.52 bits per heavy atom. The number of ether oxygens (including phenoxy) is 1. The van der Waals surface area contributed by atoms with Crippen LogP contribution in [0.4, 0.5) is 5.13 Å². The lowest BCUT2D eigenvalue weighted by Gasteiger charge is -2.17. The van der Waals surface area contributed by atoms with Gasteiger partial charge in [-0.1, -0.05) is 36.5 Å². The summed E-state index contributed by atoms with van der Waals surface area (Å²) in [7, 11) is 0. The molecule has 0 saturated carbocycles. The van der Waals surface area contributed by atoms with Crippen LogP contribution in [0, 0.1) is 20.8 Å². The maximum Gasteiger partial charge on any atom is 0.198 e. The topological polar surface area (TPSA) is 34.1 Å². The van der Waals surface area contributed by atoms with E-state index in [-0.39, 0.29) is 0 Å². The van der Waals surface area contributed by atoms with E-state index in [2.05, 4.69) is 49.3 Å². The summed E-state index contributed by atoms with van der Waals surface area (Å²) < 4.78 is 5.56. The van der Waals surface area contributed by atoms with E-state index in [1.165, 1.54) is 16.7 Å². The van der Waals surface area contributed by atoms with E-state index in [0.717, 1.165) is 22.4 Å². The van der Waals surface area contributed by atoms with Crippen LogP contribution < -0.4 is 10.1 Å². The standard InChI is InChI=1S/C17H24N2OS/c1-6-20-16-14(5)19-17(21-16)18-10-13(4)15-11(2)8-7-9-12(15)3/h7-9,13H,6,10H2,1-5H3,(H,18,19). The van der Waals surface area contributed by atoms with E-state index in [4.69, 9.17) is 4.74 Å². The van der Waals surface area contributed by atoms with Gasteiger partial charge in [-0.15, -0.1) is 0 Å². The number of hydrogen-bond donors (Lipinski definition) is 1. The van der Waals surface area contributed by atoms with Crippen LogP contribution in [0.3, 0.4) is 0 Å². The van der Waals surface area contributed by atoms with Crippen molar-refractivity contribution in [2.75, 3.05) is 18.5 Å². The lowest BCUT2D eigenvalue weighted by atomic mass is 9.92. The van der Waals surface area contributed by atoms with Gasteiger partial charge in [0.2, 0.25) is 0 Å². The molecule has 1 heterocycles. The molecule has 1 unspecified atom stereocenters. The lowest BCUT2D eigenvalue weighted by molar-refractivity contribution is 0.347. The first-order chi connectivity index (χ1) is 10.0. The molecular formula is C17H24N2OS. The van der Waals surface area contributed by atoms with Crippen LogP contribution in [-0.4, -0.2) is 18.1 Å². The van der Waals surface area contributed by atoms with Gasteiger partial charge in [-0.05, 0) is 50.3 Å². The van der Waals surface area contributed by atoms with Gasteiger partial charge in [0, 0.05) is 6.54 Å². The molecule has 0 amide bonds. The Hall–Kier alpha value is -1.55. The fourth-order valence-corrected chi connectivity index (χ4v) is 3.55. The molecule has 2 aromatic rings. The Bertz CT molecular complexity index is 587. The molecule has 0 spiro atoms. The highest BCUT2D eigenvalue weighted by Gasteiger charge is 2.13. The normalized spacial score (nSPS) is 12.2. The molecule has 0 aliphatic heterocycles. The van der Waals surface area contributed by atoms with E-state index in [1.54, 1.807) is 11.3 Å². The molecule has 21 heavy (non-hydrogen) atoms. The molecule has 0 fully saturated rings. The number of thiazole rings is 1. The van der Waals surface area contributed by atoms with Gasteiger partial charge < -0.3 is 10.1 Å². The minimum Gasteiger partial charge on any atom is -0.483 e. The molecule has 4 heteroatoms. The highest BCUT2D eigenvalue weighted by atomic mass is 32.1. The fraction of sp³-hybridized carbons (Fsp3) is 0.471. The Balaban J connectivity index is 2.04. The molecule has 3 nitrogen and oxygen atoms in total. The molecule has 0 aliphatic carbocycles. The van der Waals surface area contributed by atoms with Crippen molar-refractivity contribution in [3.05, 3.63) is 40.6 Å². The highest BCUT2D eigenvalue weighted by Crippen LogP contribution is 2.31. The maximum atomic E-state index is 5.56. The molecule has 114 valence electrons. The van der Waals surface area contributed by atoms with Gasteiger partial charge in [0.1, 0.15) is 0 Å². The van der Waals surface area contributed by atoms with Crippen molar-refractivity contribution in [1.82, 2.24) is 4.98 Å². The number of nitrogens with one attached hydrogen (secondary N) is 1. The maximum absolute atomic E-state index is 5.56. The number of benzene rings is 1. The largest absolute Gasteiger partial charge is 0.483 e. The van der Waals surface area contributed by atoms with Gasteiger partial charge in [0.15, 0.2) is 10.2 Å². The average molecular weight is 304 g/mol. The SMILES string of the molecule is CCOc1sc(NCC(C)c2c(C)cccc2C)nc1C. The van der Waals surface area contributed by atoms with E-state index in [0.29, 0.717) is 12.5 Å². The Labute approximate surface area is 131 Å². The minimum atomic E-state index is 0.450. The van der Waals surface area contributed by atoms with Crippen LogP contribution in [0.2, 0.25) is 0 Å². The van der Waals surface area contributed by atoms with Crippen molar-refractivity contribution < 1.29 is 4.74 Å². The van der Waals surface area contributed by atoms with Gasteiger partial charge in [0.05, 0.1) is 12.3 Å². The third-order valence-electron chi connectivity index (χ3n) is 3.62. The minimum absolute atomic E-state index is 0.450. The quantitative estimate of drug-likeness (QED) is 0.841. The van der Waals surface area contributed by atoms with Crippen molar-refractivity contribution in [2.24, 2.45) is 0 Å². The van der Waals surface area contributed by atoms with Crippen molar-refractivity contribution in [2.45, 2.75) is 40.5 Å². The first kappa shape index (κ1) is 15.8. The molecule has 1 aromatic heterocycles. The molecule has 0 bridgehead atoms. The molecule has 0 saturated heterocycles. The van der Waals surface area contributed by atoms with E-state index in [9.17, 15) is 0 Å². The summed E-state index contributed by atoms with van der Waals surface area (Å²) in [6.45, 7) is 12.2. The van der Waals surface area contributed by atoms with Crippen LogP contribution in [0.25, 0.3) is 0 Å². The summed E-state index contributed by atoms with van der Waals surface area (Å²) in [6, 6.07) is 6.48. The second-order valence-electron chi connectivity index (χ2n) is 5.41. The first-order valence-electron chi connectivity index (χ1n) is 7.43. The summed E-state index contributed by atoms with van der Waals surface area (Å²) >= 11 is 1.59. The summed E-state index contributed by atoms with van der Waals surface area (Å²) in [5, 5.41) is 5.30. The van der Waals surface area contributed by atoms with Crippen LogP contribution in [0.5, 0.6) is 5.06 Å². The molecule has 1 N–H and O–H groups in total. The predicted molar refractivity (Wildman–Crippen MR) is 90.8 cm³/mol. The molecule has 1 aromatic carbocycles. The fourth-order valence-electron chi connectivity index (χ4n) is 2.67. The van der Waals surface area contributed by atoms with Crippen molar-refractivity contribution >= 4 is 16.5 Å². The van der Waals surface area contributed by atoms with E-state index < -0.39 is 0 Å². The molecular weight excluding hydrogens is 280 g/mol. The summed E-state index contributed by atoms with van der Waals surface area (Å²) in [5.41, 5.74) is 5.11. The Morgan fingerprint density at radius 2 is 1.90 bits per heavy atom. The molecule has 2 rings (SSSR count). The van der Waals surface area contributed by atoms with Gasteiger partial charge in [-0.25, -0.2) is 4.98 Å². The second kappa shape index (κ2) is 6.94. The van der Waals surface area contributed by atoms with Crippen molar-refractivity contribution in [3.63, 3.8) is 0 Å². The first-order valence-corrected chi connectivity index (χ1v) is 8.24. The summed E-state index contributed by atoms with van der Waals surface area (Å²) in [4.78, 5) is 4.52. The van der Waals surface area contributed by atoms with E-state index >= 15 is 0 Å². The number of rotatable bonds is 6. The highest BCUT2D eigenvalue weighted by molar-refractivity contribution is 7.17. The van der Waals surface area contributed by atoms with Crippen molar-refractivity contribution in [3.8, 4) is 5.06 Å². The van der Waals surface area contributed by atoms with E-state index in [1.807, 2.05) is 13.8 Å². The monoisotopic (exact) mass is 304 g/mol. The number of anilines is 1. The zero-order valence-electron chi connectivity index (χ0n) is 13.5. The van der Waals surface area contributed by atoms with Gasteiger partial charge in [-0.2, -0.15) is 0 Å². The molecule has 0 radical (unpaired) electrons. The zero-order valence-corrected chi connectivity index (χ0v) is 14.3. The van der Waals surface area contributed by atoms with Crippen LogP contribution in [0.15, 0.2) is 18.2 Å². The Kier molecular flexibility index (Phi) is 5.23. The van der Waals surface area contributed by atoms with Gasteiger partial charge in [-0.3, -0.25) is 0 Å². The zero-order chi connectivity index (χ0) is 15.4. The molecule has 1 atom stereocenters. The predicted octanol–water partition coefficient (Wildman–Crippen LogP) is 4.68. The summed E-state index contributed by atoms with van der Waals surface area (Å²) in [6.07, 6.45) is 0. The second-order valence-corrected chi connectivity index (χ2v) is 6.37. The number of aromatic nitrogens is 1. The average Bonchev–Trinajstić information content (AvgIpc) is 2.77. The third-order valence-corrected chi connectivity index (χ3v) is 4.65. The summed E-state index contributed by atoms with van der Waals surface area (Å²) in [5.74, 6) is 0.450. The van der Waals surface area contributed by atoms with Crippen LogP contribution in [0.1, 0.15) is 42.1 Å². The molecule has 0 aliphatic rings. The number of aryl methyl sites for hydroxylation is 3.